The van der Waals surface area contributed by atoms with Crippen molar-refractivity contribution in [3.63, 3.8) is 0 Å². The smallest absolute Gasteiger partial charge is 0.224 e. The first-order valence-corrected chi connectivity index (χ1v) is 6.86. The summed E-state index contributed by atoms with van der Waals surface area (Å²) in [5.74, 6) is 0.989. The first-order chi connectivity index (χ1) is 9.04. The van der Waals surface area contributed by atoms with Crippen molar-refractivity contribution in [2.24, 2.45) is 11.7 Å². The molecule has 3 N–H and O–H groups in total. The van der Waals surface area contributed by atoms with Crippen molar-refractivity contribution in [1.82, 2.24) is 4.90 Å². The molecule has 0 spiro atoms. The van der Waals surface area contributed by atoms with Gasteiger partial charge in [-0.05, 0) is 43.4 Å². The van der Waals surface area contributed by atoms with E-state index in [0.717, 1.165) is 12.1 Å². The topological polar surface area (TPSA) is 66.6 Å². The van der Waals surface area contributed by atoms with E-state index in [1.807, 2.05) is 17.9 Å². The molecule has 1 unspecified atom stereocenters. The molecule has 1 amide bonds. The zero-order valence-electron chi connectivity index (χ0n) is 11.8. The van der Waals surface area contributed by atoms with Crippen molar-refractivity contribution >= 4 is 18.3 Å². The summed E-state index contributed by atoms with van der Waals surface area (Å²) in [5.41, 5.74) is 6.66. The molecule has 20 heavy (non-hydrogen) atoms. The highest BCUT2D eigenvalue weighted by Crippen LogP contribution is 2.30. The molecule has 5 heteroatoms. The van der Waals surface area contributed by atoms with E-state index in [0.29, 0.717) is 18.9 Å². The number of nitrogens with zero attached hydrogens (tertiary/aromatic N) is 1. The third kappa shape index (κ3) is 5.39. The summed E-state index contributed by atoms with van der Waals surface area (Å²) in [7, 11) is 0. The first-order valence-electron chi connectivity index (χ1n) is 6.86. The Bertz CT molecular complexity index is 447. The minimum Gasteiger partial charge on any atom is -0.508 e. The maximum atomic E-state index is 12.2. The van der Waals surface area contributed by atoms with Crippen LogP contribution < -0.4 is 5.73 Å². The van der Waals surface area contributed by atoms with E-state index in [1.54, 1.807) is 18.2 Å². The highest BCUT2D eigenvalue weighted by Gasteiger charge is 2.27. The zero-order valence-corrected chi connectivity index (χ0v) is 12.6. The van der Waals surface area contributed by atoms with Crippen LogP contribution in [0.2, 0.25) is 0 Å². The zero-order chi connectivity index (χ0) is 13.8. The maximum absolute atomic E-state index is 12.2. The number of nitrogens with two attached hydrogens (primary N) is 1. The molecule has 0 heterocycles. The van der Waals surface area contributed by atoms with Crippen molar-refractivity contribution in [3.05, 3.63) is 29.8 Å². The lowest BCUT2D eigenvalue weighted by atomic mass is 10.1. The summed E-state index contributed by atoms with van der Waals surface area (Å²) < 4.78 is 0. The largest absolute Gasteiger partial charge is 0.508 e. The summed E-state index contributed by atoms with van der Waals surface area (Å²) in [6.45, 7) is 3.21. The van der Waals surface area contributed by atoms with Crippen LogP contribution in [0, 0.1) is 5.92 Å². The lowest BCUT2D eigenvalue weighted by molar-refractivity contribution is -0.132. The lowest BCUT2D eigenvalue weighted by Crippen LogP contribution is -2.35. The van der Waals surface area contributed by atoms with E-state index in [4.69, 9.17) is 5.73 Å². The molecule has 1 saturated carbocycles. The van der Waals surface area contributed by atoms with Crippen LogP contribution in [0.1, 0.15) is 31.7 Å². The SMILES string of the molecule is CC(N)CC(=O)N(Cc1cccc(O)c1)CC1CC1.Cl. The van der Waals surface area contributed by atoms with Crippen LogP contribution in [0.5, 0.6) is 5.75 Å². The van der Waals surface area contributed by atoms with Crippen LogP contribution >= 0.6 is 12.4 Å². The third-order valence-electron chi connectivity index (χ3n) is 3.31. The van der Waals surface area contributed by atoms with Gasteiger partial charge in [-0.1, -0.05) is 12.1 Å². The van der Waals surface area contributed by atoms with E-state index >= 15 is 0 Å². The van der Waals surface area contributed by atoms with Gasteiger partial charge in [-0.3, -0.25) is 4.79 Å². The van der Waals surface area contributed by atoms with Gasteiger partial charge in [0.2, 0.25) is 5.91 Å². The number of benzene rings is 1. The number of rotatable bonds is 6. The number of phenols is 1. The number of carbonyl (C=O) groups excluding carboxylic acids is 1. The second-order valence-electron chi connectivity index (χ2n) is 5.57. The fourth-order valence-electron chi connectivity index (χ4n) is 2.15. The monoisotopic (exact) mass is 298 g/mol. The molecule has 0 aromatic heterocycles. The molecule has 1 aliphatic rings. The van der Waals surface area contributed by atoms with Gasteiger partial charge >= 0.3 is 0 Å². The van der Waals surface area contributed by atoms with E-state index < -0.39 is 0 Å². The van der Waals surface area contributed by atoms with Crippen molar-refractivity contribution < 1.29 is 9.90 Å². The van der Waals surface area contributed by atoms with Crippen LogP contribution in [-0.2, 0) is 11.3 Å². The van der Waals surface area contributed by atoms with E-state index in [2.05, 4.69) is 0 Å². The van der Waals surface area contributed by atoms with Crippen LogP contribution in [0.25, 0.3) is 0 Å². The average Bonchev–Trinajstić information content (AvgIpc) is 3.11. The Morgan fingerprint density at radius 3 is 2.75 bits per heavy atom. The molecular weight excluding hydrogens is 276 g/mol. The molecule has 2 rings (SSSR count). The highest BCUT2D eigenvalue weighted by molar-refractivity contribution is 5.85. The average molecular weight is 299 g/mol. The highest BCUT2D eigenvalue weighted by atomic mass is 35.5. The Kier molecular flexibility index (Phi) is 6.30. The molecule has 0 aliphatic heterocycles. The van der Waals surface area contributed by atoms with E-state index in [9.17, 15) is 9.90 Å². The Labute approximate surface area is 126 Å². The summed E-state index contributed by atoms with van der Waals surface area (Å²) >= 11 is 0. The fourth-order valence-corrected chi connectivity index (χ4v) is 2.15. The van der Waals surface area contributed by atoms with Crippen molar-refractivity contribution in [1.29, 1.82) is 0 Å². The number of phenolic OH excluding ortho intramolecular Hbond substituents is 1. The van der Waals surface area contributed by atoms with Crippen molar-refractivity contribution in [3.8, 4) is 5.75 Å². The second kappa shape index (κ2) is 7.50. The molecule has 1 aromatic carbocycles. The molecule has 1 atom stereocenters. The standard InChI is InChI=1S/C15H22N2O2.ClH/c1-11(16)7-15(19)17(9-12-5-6-12)10-13-3-2-4-14(18)8-13;/h2-4,8,11-12,18H,5-7,9-10,16H2,1H3;1H. The van der Waals surface area contributed by atoms with Gasteiger partial charge in [-0.15, -0.1) is 12.4 Å². The maximum Gasteiger partial charge on any atom is 0.224 e. The molecule has 1 aromatic rings. The summed E-state index contributed by atoms with van der Waals surface area (Å²) in [6.07, 6.45) is 2.80. The quantitative estimate of drug-likeness (QED) is 0.847. The van der Waals surface area contributed by atoms with Crippen LogP contribution in [-0.4, -0.2) is 28.5 Å². The Hall–Kier alpha value is -1.26. The summed E-state index contributed by atoms with van der Waals surface area (Å²) in [5, 5.41) is 9.48. The molecule has 1 fully saturated rings. The normalized spacial score (nSPS) is 15.3. The van der Waals surface area contributed by atoms with E-state index in [-0.39, 0.29) is 30.1 Å². The van der Waals surface area contributed by atoms with Gasteiger partial charge < -0.3 is 15.7 Å². The molecule has 0 saturated heterocycles. The minimum absolute atomic E-state index is 0. The summed E-state index contributed by atoms with van der Waals surface area (Å²) in [4.78, 5) is 14.1. The number of aromatic hydroxyl groups is 1. The molecule has 0 bridgehead atoms. The van der Waals surface area contributed by atoms with Crippen LogP contribution in [0.15, 0.2) is 24.3 Å². The second-order valence-corrected chi connectivity index (χ2v) is 5.57. The van der Waals surface area contributed by atoms with Crippen molar-refractivity contribution in [2.75, 3.05) is 6.54 Å². The van der Waals surface area contributed by atoms with Crippen LogP contribution in [0.4, 0.5) is 0 Å². The number of amides is 1. The van der Waals surface area contributed by atoms with Gasteiger partial charge in [-0.25, -0.2) is 0 Å². The van der Waals surface area contributed by atoms with Crippen LogP contribution in [0.3, 0.4) is 0 Å². The fraction of sp³-hybridized carbons (Fsp3) is 0.533. The van der Waals surface area contributed by atoms with Gasteiger partial charge in [0.15, 0.2) is 0 Å². The minimum atomic E-state index is -0.113. The van der Waals surface area contributed by atoms with Gasteiger partial charge in [0.1, 0.15) is 5.75 Å². The third-order valence-corrected chi connectivity index (χ3v) is 3.31. The first kappa shape index (κ1) is 16.8. The van der Waals surface area contributed by atoms with Gasteiger partial charge in [0.25, 0.3) is 0 Å². The molecular formula is C15H23ClN2O2. The van der Waals surface area contributed by atoms with Gasteiger partial charge in [-0.2, -0.15) is 0 Å². The number of halogens is 1. The molecule has 4 nitrogen and oxygen atoms in total. The van der Waals surface area contributed by atoms with E-state index in [1.165, 1.54) is 12.8 Å². The summed E-state index contributed by atoms with van der Waals surface area (Å²) in [6, 6.07) is 6.96. The Morgan fingerprint density at radius 1 is 1.50 bits per heavy atom. The molecule has 112 valence electrons. The Morgan fingerprint density at radius 2 is 2.20 bits per heavy atom. The predicted octanol–water partition coefficient (Wildman–Crippen LogP) is 2.29. The Balaban J connectivity index is 0.00000200. The molecule has 1 aliphatic carbocycles. The number of hydrogen-bond acceptors (Lipinski definition) is 3. The number of carbonyl (C=O) groups is 1. The number of hydrogen-bond donors (Lipinski definition) is 2. The lowest BCUT2D eigenvalue weighted by Gasteiger charge is -2.23. The van der Waals surface area contributed by atoms with Crippen molar-refractivity contribution in [2.45, 2.75) is 38.8 Å². The van der Waals surface area contributed by atoms with Gasteiger partial charge in [0, 0.05) is 25.6 Å². The van der Waals surface area contributed by atoms with Gasteiger partial charge in [0.05, 0.1) is 0 Å². The predicted molar refractivity (Wildman–Crippen MR) is 81.8 cm³/mol. The molecule has 0 radical (unpaired) electrons.